The first kappa shape index (κ1) is 18.3. The fraction of sp³-hybridized carbons (Fsp3) is 0.143. The summed E-state index contributed by atoms with van der Waals surface area (Å²) in [6.45, 7) is 5.47. The van der Waals surface area contributed by atoms with Crippen molar-refractivity contribution in [2.75, 3.05) is 10.6 Å². The monoisotopic (exact) mass is 360 g/mol. The maximum absolute atomic E-state index is 12.4. The molecule has 2 N–H and O–H groups in total. The maximum Gasteiger partial charge on any atom is 0.275 e. The first-order valence-electron chi connectivity index (χ1n) is 8.51. The number of amides is 1. The molecule has 0 unspecified atom stereocenters. The Hall–Kier alpha value is -3.54. The molecule has 0 bridgehead atoms. The van der Waals surface area contributed by atoms with Gasteiger partial charge in [0.05, 0.1) is 12.4 Å². The van der Waals surface area contributed by atoms with Gasteiger partial charge in [-0.25, -0.2) is 9.97 Å². The summed E-state index contributed by atoms with van der Waals surface area (Å²) in [5, 5.41) is 5.93. The fourth-order valence-corrected chi connectivity index (χ4v) is 2.59. The molecule has 0 saturated heterocycles. The molecule has 0 aliphatic rings. The predicted molar refractivity (Wildman–Crippen MR) is 106 cm³/mol. The molecule has 0 atom stereocenters. The fourth-order valence-electron chi connectivity index (χ4n) is 2.59. The van der Waals surface area contributed by atoms with Crippen LogP contribution in [-0.2, 0) is 0 Å². The third kappa shape index (κ3) is 4.55. The van der Waals surface area contributed by atoms with Gasteiger partial charge < -0.3 is 10.6 Å². The number of anilines is 3. The Morgan fingerprint density at radius 2 is 1.67 bits per heavy atom. The smallest absolute Gasteiger partial charge is 0.275 e. The van der Waals surface area contributed by atoms with E-state index in [2.05, 4.69) is 20.6 Å². The summed E-state index contributed by atoms with van der Waals surface area (Å²) in [5.41, 5.74) is 4.53. The van der Waals surface area contributed by atoms with Crippen LogP contribution >= 0.6 is 0 Å². The largest absolute Gasteiger partial charge is 0.339 e. The van der Waals surface area contributed by atoms with Crippen LogP contribution in [0.3, 0.4) is 0 Å². The minimum Gasteiger partial charge on any atom is -0.339 e. The first-order valence-corrected chi connectivity index (χ1v) is 8.51. The lowest BCUT2D eigenvalue weighted by Gasteiger charge is -2.09. The van der Waals surface area contributed by atoms with Gasteiger partial charge in [0.15, 0.2) is 5.78 Å². The van der Waals surface area contributed by atoms with Gasteiger partial charge in [0, 0.05) is 16.9 Å². The molecular weight excluding hydrogens is 340 g/mol. The Morgan fingerprint density at radius 1 is 0.926 bits per heavy atom. The van der Waals surface area contributed by atoms with Crippen LogP contribution < -0.4 is 10.6 Å². The number of Topliss-reactive ketones (excluding diaryl/α,β-unsaturated/α-hetero) is 1. The number of hydrogen-bond acceptors (Lipinski definition) is 5. The van der Waals surface area contributed by atoms with Crippen LogP contribution in [0.25, 0.3) is 0 Å². The van der Waals surface area contributed by atoms with E-state index in [1.807, 2.05) is 32.0 Å². The van der Waals surface area contributed by atoms with E-state index < -0.39 is 0 Å². The van der Waals surface area contributed by atoms with Crippen LogP contribution in [0, 0.1) is 13.8 Å². The Morgan fingerprint density at radius 3 is 2.26 bits per heavy atom. The highest BCUT2D eigenvalue weighted by Gasteiger charge is 2.10. The van der Waals surface area contributed by atoms with E-state index in [0.717, 1.165) is 22.5 Å². The van der Waals surface area contributed by atoms with Crippen molar-refractivity contribution in [3.63, 3.8) is 0 Å². The number of carbonyl (C=O) groups is 2. The van der Waals surface area contributed by atoms with Crippen LogP contribution in [0.4, 0.5) is 17.2 Å². The summed E-state index contributed by atoms with van der Waals surface area (Å²) in [6, 6.07) is 12.9. The molecule has 1 amide bonds. The molecule has 2 aromatic carbocycles. The van der Waals surface area contributed by atoms with Crippen LogP contribution in [0.2, 0.25) is 0 Å². The molecule has 1 aromatic heterocycles. The van der Waals surface area contributed by atoms with Crippen LogP contribution in [0.5, 0.6) is 0 Å². The van der Waals surface area contributed by atoms with Gasteiger partial charge in [-0.1, -0.05) is 17.7 Å². The number of benzene rings is 2. The molecule has 3 rings (SSSR count). The molecule has 0 saturated carbocycles. The zero-order valence-electron chi connectivity index (χ0n) is 15.4. The zero-order valence-corrected chi connectivity index (χ0v) is 15.4. The second-order valence-electron chi connectivity index (χ2n) is 6.32. The molecule has 6 nitrogen and oxygen atoms in total. The SMILES string of the molecule is CC(=O)c1ccc(Nc2cnc(C(=O)Nc3ccc(C)cc3C)cn2)cc1. The van der Waals surface area contributed by atoms with Gasteiger partial charge in [0.25, 0.3) is 5.91 Å². The molecule has 0 fully saturated rings. The summed E-state index contributed by atoms with van der Waals surface area (Å²) >= 11 is 0. The van der Waals surface area contributed by atoms with Crippen molar-refractivity contribution in [3.8, 4) is 0 Å². The van der Waals surface area contributed by atoms with E-state index in [-0.39, 0.29) is 17.4 Å². The molecule has 3 aromatic rings. The Kier molecular flexibility index (Phi) is 5.26. The first-order chi connectivity index (χ1) is 12.9. The van der Waals surface area contributed by atoms with Gasteiger partial charge in [-0.2, -0.15) is 0 Å². The van der Waals surface area contributed by atoms with Crippen molar-refractivity contribution in [1.29, 1.82) is 0 Å². The molecule has 0 aliphatic heterocycles. The van der Waals surface area contributed by atoms with Crippen molar-refractivity contribution in [3.05, 3.63) is 77.2 Å². The minimum absolute atomic E-state index is 0.0144. The quantitative estimate of drug-likeness (QED) is 0.663. The van der Waals surface area contributed by atoms with E-state index in [1.165, 1.54) is 19.3 Å². The minimum atomic E-state index is -0.313. The number of hydrogen-bond donors (Lipinski definition) is 2. The summed E-state index contributed by atoms with van der Waals surface area (Å²) in [4.78, 5) is 32.1. The van der Waals surface area contributed by atoms with E-state index in [0.29, 0.717) is 11.4 Å². The molecular formula is C21H20N4O2. The Labute approximate surface area is 157 Å². The van der Waals surface area contributed by atoms with Gasteiger partial charge in [-0.3, -0.25) is 9.59 Å². The van der Waals surface area contributed by atoms with Crippen LogP contribution in [0.15, 0.2) is 54.9 Å². The van der Waals surface area contributed by atoms with Gasteiger partial charge >= 0.3 is 0 Å². The maximum atomic E-state index is 12.4. The highest BCUT2D eigenvalue weighted by atomic mass is 16.2. The van der Waals surface area contributed by atoms with Crippen molar-refractivity contribution in [1.82, 2.24) is 9.97 Å². The number of ketones is 1. The van der Waals surface area contributed by atoms with Gasteiger partial charge in [-0.15, -0.1) is 0 Å². The summed E-state index contributed by atoms with van der Waals surface area (Å²) < 4.78 is 0. The summed E-state index contributed by atoms with van der Waals surface area (Å²) in [7, 11) is 0. The topological polar surface area (TPSA) is 84.0 Å². The van der Waals surface area contributed by atoms with E-state index in [4.69, 9.17) is 0 Å². The summed E-state index contributed by atoms with van der Waals surface area (Å²) in [6.07, 6.45) is 2.92. The highest BCUT2D eigenvalue weighted by molar-refractivity contribution is 6.03. The lowest BCUT2D eigenvalue weighted by atomic mass is 10.1. The zero-order chi connectivity index (χ0) is 19.4. The standard InChI is InChI=1S/C21H20N4O2/c1-13-4-9-18(14(2)10-13)25-21(27)19-11-23-20(12-22-19)24-17-7-5-16(6-8-17)15(3)26/h4-12H,1-3H3,(H,23,24)(H,25,27). The van der Waals surface area contributed by atoms with Crippen molar-refractivity contribution in [2.24, 2.45) is 0 Å². The second kappa shape index (κ2) is 7.78. The normalized spacial score (nSPS) is 10.3. The summed E-state index contributed by atoms with van der Waals surface area (Å²) in [5.74, 6) is 0.209. The number of nitrogens with one attached hydrogen (secondary N) is 2. The van der Waals surface area contributed by atoms with E-state index >= 15 is 0 Å². The molecule has 0 spiro atoms. The average molecular weight is 360 g/mol. The predicted octanol–water partition coefficient (Wildman–Crippen LogP) is 4.29. The van der Waals surface area contributed by atoms with Gasteiger partial charge in [0.2, 0.25) is 0 Å². The molecule has 1 heterocycles. The Bertz CT molecular complexity index is 980. The number of aromatic nitrogens is 2. The Balaban J connectivity index is 1.67. The number of aryl methyl sites for hydroxylation is 2. The molecule has 27 heavy (non-hydrogen) atoms. The third-order valence-corrected chi connectivity index (χ3v) is 4.08. The number of nitrogens with zero attached hydrogens (tertiary/aromatic N) is 2. The van der Waals surface area contributed by atoms with E-state index in [1.54, 1.807) is 24.3 Å². The lowest BCUT2D eigenvalue weighted by Crippen LogP contribution is -2.15. The van der Waals surface area contributed by atoms with E-state index in [9.17, 15) is 9.59 Å². The average Bonchev–Trinajstić information content (AvgIpc) is 2.65. The van der Waals surface area contributed by atoms with Crippen molar-refractivity contribution in [2.45, 2.75) is 20.8 Å². The molecule has 0 radical (unpaired) electrons. The second-order valence-corrected chi connectivity index (χ2v) is 6.32. The third-order valence-electron chi connectivity index (χ3n) is 4.08. The van der Waals surface area contributed by atoms with Crippen molar-refractivity contribution < 1.29 is 9.59 Å². The van der Waals surface area contributed by atoms with Crippen molar-refractivity contribution >= 4 is 28.9 Å². The molecule has 136 valence electrons. The molecule has 6 heteroatoms. The highest BCUT2D eigenvalue weighted by Crippen LogP contribution is 2.18. The molecule has 0 aliphatic carbocycles. The van der Waals surface area contributed by atoms with Gasteiger partial charge in [-0.05, 0) is 56.7 Å². The number of rotatable bonds is 5. The lowest BCUT2D eigenvalue weighted by molar-refractivity contribution is 0.101. The van der Waals surface area contributed by atoms with Crippen LogP contribution in [-0.4, -0.2) is 21.7 Å². The van der Waals surface area contributed by atoms with Gasteiger partial charge in [0.1, 0.15) is 11.5 Å². The van der Waals surface area contributed by atoms with Crippen LogP contribution in [0.1, 0.15) is 38.9 Å². The number of carbonyl (C=O) groups excluding carboxylic acids is 2.